The van der Waals surface area contributed by atoms with Gasteiger partial charge in [-0.1, -0.05) is 20.8 Å². The second-order valence-corrected chi connectivity index (χ2v) is 8.82. The van der Waals surface area contributed by atoms with Crippen LogP contribution in [0.2, 0.25) is 0 Å². The lowest BCUT2D eigenvalue weighted by Gasteiger charge is -2.39. The molecule has 1 N–H and O–H groups in total. The number of rotatable bonds is 5. The molecular weight excluding hydrogens is 274 g/mol. The van der Waals surface area contributed by atoms with E-state index in [4.69, 9.17) is 5.26 Å². The average molecular weight is 299 g/mol. The van der Waals surface area contributed by atoms with E-state index >= 15 is 0 Å². The van der Waals surface area contributed by atoms with Crippen LogP contribution in [0.4, 0.5) is 0 Å². The molecule has 0 aliphatic heterocycles. The number of nitriles is 1. The first-order chi connectivity index (χ1) is 9.15. The molecule has 20 heavy (non-hydrogen) atoms. The highest BCUT2D eigenvalue weighted by Gasteiger charge is 2.62. The van der Waals surface area contributed by atoms with Crippen molar-refractivity contribution in [3.8, 4) is 6.07 Å². The molecule has 0 heterocycles. The molecule has 3 atom stereocenters. The first kappa shape index (κ1) is 15.7. The summed E-state index contributed by atoms with van der Waals surface area (Å²) in [4.78, 5) is 0. The molecule has 114 valence electrons. The predicted molar refractivity (Wildman–Crippen MR) is 77.9 cm³/mol. The van der Waals surface area contributed by atoms with Gasteiger partial charge in [0, 0.05) is 26.1 Å². The van der Waals surface area contributed by atoms with Crippen molar-refractivity contribution in [3.05, 3.63) is 0 Å². The van der Waals surface area contributed by atoms with E-state index in [9.17, 15) is 8.42 Å². The summed E-state index contributed by atoms with van der Waals surface area (Å²) in [5, 5.41) is 8.57. The summed E-state index contributed by atoms with van der Waals surface area (Å²) in [5.74, 6) is 0.601. The van der Waals surface area contributed by atoms with Gasteiger partial charge in [0.25, 0.3) is 10.2 Å². The number of fused-ring (bicyclic) bond motifs is 2. The minimum atomic E-state index is -3.49. The Morgan fingerprint density at radius 3 is 2.50 bits per heavy atom. The molecule has 2 saturated carbocycles. The second kappa shape index (κ2) is 4.97. The first-order valence-corrected chi connectivity index (χ1v) is 8.70. The van der Waals surface area contributed by atoms with Crippen molar-refractivity contribution >= 4 is 10.2 Å². The summed E-state index contributed by atoms with van der Waals surface area (Å²) >= 11 is 0. The van der Waals surface area contributed by atoms with Crippen LogP contribution >= 0.6 is 0 Å². The van der Waals surface area contributed by atoms with Gasteiger partial charge in [-0.2, -0.15) is 22.7 Å². The fourth-order valence-corrected chi connectivity index (χ4v) is 5.21. The molecule has 0 radical (unpaired) electrons. The van der Waals surface area contributed by atoms with E-state index in [0.717, 1.165) is 12.8 Å². The third-order valence-electron chi connectivity index (χ3n) is 6.03. The van der Waals surface area contributed by atoms with Gasteiger partial charge in [-0.3, -0.25) is 0 Å². The van der Waals surface area contributed by atoms with Crippen LogP contribution in [0.25, 0.3) is 0 Å². The summed E-state index contributed by atoms with van der Waals surface area (Å²) in [7, 11) is -1.97. The zero-order valence-corrected chi connectivity index (χ0v) is 13.6. The maximum absolute atomic E-state index is 12.3. The smallest absolute Gasteiger partial charge is 0.198 e. The van der Waals surface area contributed by atoms with Crippen LogP contribution in [0.3, 0.4) is 0 Å². The largest absolute Gasteiger partial charge is 0.279 e. The Morgan fingerprint density at radius 2 is 2.05 bits per heavy atom. The summed E-state index contributed by atoms with van der Waals surface area (Å²) in [5.41, 5.74) is 0.215. The van der Waals surface area contributed by atoms with Gasteiger partial charge >= 0.3 is 0 Å². The molecule has 2 rings (SSSR count). The highest BCUT2D eigenvalue weighted by atomic mass is 32.2. The van der Waals surface area contributed by atoms with Crippen molar-refractivity contribution in [1.82, 2.24) is 9.03 Å². The third-order valence-corrected chi connectivity index (χ3v) is 7.62. The molecule has 2 fully saturated rings. The van der Waals surface area contributed by atoms with Crippen LogP contribution in [0, 0.1) is 28.1 Å². The van der Waals surface area contributed by atoms with Crippen LogP contribution in [-0.2, 0) is 10.2 Å². The average Bonchev–Trinajstić information content (AvgIpc) is 2.68. The third kappa shape index (κ3) is 2.26. The molecule has 0 saturated heterocycles. The maximum atomic E-state index is 12.3. The molecular formula is C14H25N3O2S. The molecule has 2 bridgehead atoms. The Hall–Kier alpha value is -0.640. The molecule has 6 heteroatoms. The molecule has 0 aromatic heterocycles. The van der Waals surface area contributed by atoms with Crippen LogP contribution in [0.15, 0.2) is 0 Å². The van der Waals surface area contributed by atoms with Crippen molar-refractivity contribution < 1.29 is 8.42 Å². The van der Waals surface area contributed by atoms with Crippen molar-refractivity contribution in [2.75, 3.05) is 13.6 Å². The fraction of sp³-hybridized carbons (Fsp3) is 0.929. The highest BCUT2D eigenvalue weighted by molar-refractivity contribution is 7.87. The number of nitrogens with one attached hydrogen (secondary N) is 1. The monoisotopic (exact) mass is 299 g/mol. The predicted octanol–water partition coefficient (Wildman–Crippen LogP) is 1.88. The molecule has 5 nitrogen and oxygen atoms in total. The number of hydrogen-bond acceptors (Lipinski definition) is 3. The lowest BCUT2D eigenvalue weighted by atomic mass is 9.69. The van der Waals surface area contributed by atoms with Gasteiger partial charge in [0.1, 0.15) is 0 Å². The van der Waals surface area contributed by atoms with Crippen molar-refractivity contribution in [2.45, 2.75) is 52.5 Å². The van der Waals surface area contributed by atoms with E-state index in [0.29, 0.717) is 5.92 Å². The molecule has 2 aliphatic carbocycles. The van der Waals surface area contributed by atoms with Crippen molar-refractivity contribution in [3.63, 3.8) is 0 Å². The molecule has 0 spiro atoms. The van der Waals surface area contributed by atoms with Crippen molar-refractivity contribution in [2.24, 2.45) is 16.7 Å². The van der Waals surface area contributed by atoms with Gasteiger partial charge in [0.15, 0.2) is 0 Å². The zero-order valence-electron chi connectivity index (χ0n) is 12.8. The van der Waals surface area contributed by atoms with Crippen LogP contribution in [0.5, 0.6) is 0 Å². The van der Waals surface area contributed by atoms with Gasteiger partial charge in [-0.05, 0) is 36.0 Å². The lowest BCUT2D eigenvalue weighted by Crippen LogP contribution is -2.50. The molecule has 0 amide bonds. The Balaban J connectivity index is 2.10. The van der Waals surface area contributed by atoms with Gasteiger partial charge in [0.05, 0.1) is 6.07 Å². The summed E-state index contributed by atoms with van der Waals surface area (Å²) in [6.45, 7) is 6.97. The van der Waals surface area contributed by atoms with E-state index in [-0.39, 0.29) is 29.8 Å². The summed E-state index contributed by atoms with van der Waals surface area (Å²) in [6, 6.07) is 1.98. The van der Waals surface area contributed by atoms with Gasteiger partial charge < -0.3 is 0 Å². The second-order valence-electron chi connectivity index (χ2n) is 7.02. The topological polar surface area (TPSA) is 73.2 Å². The highest BCUT2D eigenvalue weighted by Crippen LogP contribution is 2.65. The van der Waals surface area contributed by atoms with E-state index in [2.05, 4.69) is 25.5 Å². The van der Waals surface area contributed by atoms with Crippen LogP contribution in [0.1, 0.15) is 46.5 Å². The first-order valence-electron chi connectivity index (χ1n) is 7.25. The Labute approximate surface area is 122 Å². The van der Waals surface area contributed by atoms with Crippen molar-refractivity contribution in [1.29, 1.82) is 5.26 Å². The summed E-state index contributed by atoms with van der Waals surface area (Å²) in [6.07, 6.45) is 3.42. The zero-order chi connectivity index (χ0) is 15.2. The Kier molecular flexibility index (Phi) is 3.91. The SMILES string of the molecule is CN(CCC#N)S(=O)(=O)N[C@@H]1C[C@H]2CC[C@@]1(C)C2(C)C. The van der Waals surface area contributed by atoms with Crippen LogP contribution < -0.4 is 4.72 Å². The standard InChI is InChI=1S/C14H25N3O2S/c1-13(2)11-6-7-14(13,3)12(10-11)16-20(18,19)17(4)9-5-8-15/h11-12,16H,5-7,9-10H2,1-4H3/t11-,12-,14-/m1/s1. The summed E-state index contributed by atoms with van der Waals surface area (Å²) < 4.78 is 28.8. The Morgan fingerprint density at radius 1 is 1.40 bits per heavy atom. The lowest BCUT2D eigenvalue weighted by molar-refractivity contribution is 0.129. The van der Waals surface area contributed by atoms with E-state index in [1.54, 1.807) is 0 Å². The number of nitrogens with zero attached hydrogens (tertiary/aromatic N) is 2. The maximum Gasteiger partial charge on any atom is 0.279 e. The van der Waals surface area contributed by atoms with E-state index < -0.39 is 10.2 Å². The number of hydrogen-bond donors (Lipinski definition) is 1. The van der Waals surface area contributed by atoms with Crippen LogP contribution in [-0.4, -0.2) is 32.4 Å². The van der Waals surface area contributed by atoms with E-state index in [1.807, 2.05) is 6.07 Å². The van der Waals surface area contributed by atoms with Gasteiger partial charge in [-0.25, -0.2) is 0 Å². The molecule has 0 aromatic rings. The quantitative estimate of drug-likeness (QED) is 0.842. The molecule has 0 aromatic carbocycles. The minimum Gasteiger partial charge on any atom is -0.198 e. The fourth-order valence-electron chi connectivity index (χ4n) is 3.98. The minimum absolute atomic E-state index is 0.00536. The molecule has 2 aliphatic rings. The Bertz CT molecular complexity index is 523. The van der Waals surface area contributed by atoms with Gasteiger partial charge in [-0.15, -0.1) is 0 Å². The normalized spacial score (nSPS) is 35.4. The van der Waals surface area contributed by atoms with Gasteiger partial charge in [0.2, 0.25) is 0 Å². The molecule has 0 unspecified atom stereocenters. The van der Waals surface area contributed by atoms with E-state index in [1.165, 1.54) is 17.8 Å².